The van der Waals surface area contributed by atoms with E-state index in [0.29, 0.717) is 6.54 Å². The van der Waals surface area contributed by atoms with Gasteiger partial charge in [-0.15, -0.1) is 0 Å². The molecule has 1 atom stereocenters. The first kappa shape index (κ1) is 14.9. The van der Waals surface area contributed by atoms with Crippen molar-refractivity contribution in [3.8, 4) is 0 Å². The number of aromatic nitrogens is 1. The smallest absolute Gasteiger partial charge is 0.255 e. The summed E-state index contributed by atoms with van der Waals surface area (Å²) in [4.78, 5) is 38.4. The van der Waals surface area contributed by atoms with Crippen molar-refractivity contribution in [3.63, 3.8) is 0 Å². The SMILES string of the molecule is CCNc1nccc(C(=O)NC2CCC(=O)NC2=O)c1F. The molecule has 0 saturated carbocycles. The first-order valence-corrected chi connectivity index (χ1v) is 6.55. The van der Waals surface area contributed by atoms with Gasteiger partial charge in [0.1, 0.15) is 6.04 Å². The number of nitrogens with one attached hydrogen (secondary N) is 3. The summed E-state index contributed by atoms with van der Waals surface area (Å²) in [5.74, 6) is -2.47. The van der Waals surface area contributed by atoms with Crippen molar-refractivity contribution in [2.45, 2.75) is 25.8 Å². The minimum atomic E-state index is -0.842. The molecule has 0 spiro atoms. The predicted octanol–water partition coefficient (Wildman–Crippen LogP) is 0.187. The zero-order chi connectivity index (χ0) is 15.4. The van der Waals surface area contributed by atoms with Crippen LogP contribution in [0.3, 0.4) is 0 Å². The average Bonchev–Trinajstić information content (AvgIpc) is 2.44. The summed E-state index contributed by atoms with van der Waals surface area (Å²) in [6.07, 6.45) is 1.64. The van der Waals surface area contributed by atoms with Gasteiger partial charge in [0.2, 0.25) is 11.8 Å². The Balaban J connectivity index is 2.12. The third kappa shape index (κ3) is 3.33. The van der Waals surface area contributed by atoms with Crippen molar-refractivity contribution in [1.29, 1.82) is 0 Å². The van der Waals surface area contributed by atoms with Crippen molar-refractivity contribution >= 4 is 23.5 Å². The summed E-state index contributed by atoms with van der Waals surface area (Å²) in [7, 11) is 0. The lowest BCUT2D eigenvalue weighted by atomic mass is 10.1. The second-order valence-electron chi connectivity index (χ2n) is 4.53. The number of pyridine rings is 1. The molecule has 1 fully saturated rings. The molecule has 0 aliphatic carbocycles. The van der Waals surface area contributed by atoms with E-state index in [9.17, 15) is 18.8 Å². The third-order valence-corrected chi connectivity index (χ3v) is 3.02. The quantitative estimate of drug-likeness (QED) is 0.688. The fraction of sp³-hybridized carbons (Fsp3) is 0.385. The third-order valence-electron chi connectivity index (χ3n) is 3.02. The van der Waals surface area contributed by atoms with Crippen LogP contribution in [0.2, 0.25) is 0 Å². The molecule has 1 saturated heterocycles. The second-order valence-corrected chi connectivity index (χ2v) is 4.53. The van der Waals surface area contributed by atoms with Crippen LogP contribution in [0.4, 0.5) is 10.2 Å². The highest BCUT2D eigenvalue weighted by molar-refractivity contribution is 6.04. The Bertz CT molecular complexity index is 591. The van der Waals surface area contributed by atoms with Gasteiger partial charge in [0.05, 0.1) is 5.56 Å². The van der Waals surface area contributed by atoms with Crippen LogP contribution < -0.4 is 16.0 Å². The molecule has 0 aromatic carbocycles. The maximum atomic E-state index is 14.1. The molecule has 7 nitrogen and oxygen atoms in total. The number of hydrogen-bond acceptors (Lipinski definition) is 5. The average molecular weight is 294 g/mol. The Labute approximate surface area is 120 Å². The molecule has 1 unspecified atom stereocenters. The van der Waals surface area contributed by atoms with Gasteiger partial charge in [-0.3, -0.25) is 19.7 Å². The summed E-state index contributed by atoms with van der Waals surface area (Å²) >= 11 is 0. The Kier molecular flexibility index (Phi) is 4.46. The summed E-state index contributed by atoms with van der Waals surface area (Å²) in [6.45, 7) is 2.24. The van der Waals surface area contributed by atoms with Crippen molar-refractivity contribution in [2.24, 2.45) is 0 Å². The summed E-state index contributed by atoms with van der Waals surface area (Å²) < 4.78 is 14.1. The Morgan fingerprint density at radius 3 is 2.95 bits per heavy atom. The van der Waals surface area contributed by atoms with E-state index in [4.69, 9.17) is 0 Å². The van der Waals surface area contributed by atoms with Gasteiger partial charge < -0.3 is 10.6 Å². The predicted molar refractivity (Wildman–Crippen MR) is 72.0 cm³/mol. The summed E-state index contributed by atoms with van der Waals surface area (Å²) in [5.41, 5.74) is -0.203. The van der Waals surface area contributed by atoms with Gasteiger partial charge in [-0.05, 0) is 19.4 Å². The van der Waals surface area contributed by atoms with E-state index in [1.54, 1.807) is 6.92 Å². The van der Waals surface area contributed by atoms with Gasteiger partial charge in [-0.25, -0.2) is 9.37 Å². The van der Waals surface area contributed by atoms with Gasteiger partial charge in [-0.1, -0.05) is 0 Å². The first-order chi connectivity index (χ1) is 10.0. The zero-order valence-electron chi connectivity index (χ0n) is 11.4. The summed E-state index contributed by atoms with van der Waals surface area (Å²) in [6, 6.07) is 0.391. The lowest BCUT2D eigenvalue weighted by Crippen LogP contribution is -2.52. The van der Waals surface area contributed by atoms with Crippen LogP contribution in [0.1, 0.15) is 30.1 Å². The molecular formula is C13H15FN4O3. The van der Waals surface area contributed by atoms with Crippen LogP contribution in [0.25, 0.3) is 0 Å². The number of nitrogens with zero attached hydrogens (tertiary/aromatic N) is 1. The molecule has 2 heterocycles. The largest absolute Gasteiger partial charge is 0.368 e. The Morgan fingerprint density at radius 1 is 1.52 bits per heavy atom. The van der Waals surface area contributed by atoms with Crippen molar-refractivity contribution in [2.75, 3.05) is 11.9 Å². The molecule has 1 aromatic heterocycles. The number of carbonyl (C=O) groups is 3. The fourth-order valence-electron chi connectivity index (χ4n) is 1.98. The van der Waals surface area contributed by atoms with Crippen LogP contribution in [0.5, 0.6) is 0 Å². The van der Waals surface area contributed by atoms with E-state index < -0.39 is 23.7 Å². The Morgan fingerprint density at radius 2 is 2.29 bits per heavy atom. The lowest BCUT2D eigenvalue weighted by Gasteiger charge is -2.22. The molecule has 0 bridgehead atoms. The molecule has 112 valence electrons. The van der Waals surface area contributed by atoms with Gasteiger partial charge in [-0.2, -0.15) is 0 Å². The van der Waals surface area contributed by atoms with Gasteiger partial charge in [0, 0.05) is 19.2 Å². The Hall–Kier alpha value is -2.51. The topological polar surface area (TPSA) is 100 Å². The number of anilines is 1. The van der Waals surface area contributed by atoms with E-state index in [2.05, 4.69) is 20.9 Å². The number of hydrogen-bond donors (Lipinski definition) is 3. The normalized spacial score (nSPS) is 18.1. The highest BCUT2D eigenvalue weighted by Gasteiger charge is 2.29. The highest BCUT2D eigenvalue weighted by atomic mass is 19.1. The van der Waals surface area contributed by atoms with Crippen molar-refractivity contribution in [1.82, 2.24) is 15.6 Å². The number of carbonyl (C=O) groups excluding carboxylic acids is 3. The van der Waals surface area contributed by atoms with Crippen LogP contribution in [-0.2, 0) is 9.59 Å². The number of halogens is 1. The molecule has 3 N–H and O–H groups in total. The van der Waals surface area contributed by atoms with Gasteiger partial charge in [0.25, 0.3) is 5.91 Å². The molecule has 1 aromatic rings. The second kappa shape index (κ2) is 6.29. The molecule has 3 amide bonds. The number of amides is 3. The summed E-state index contributed by atoms with van der Waals surface area (Å²) in [5, 5.41) is 7.24. The van der Waals surface area contributed by atoms with E-state index in [-0.39, 0.29) is 30.1 Å². The number of imide groups is 1. The van der Waals surface area contributed by atoms with Crippen LogP contribution in [0.15, 0.2) is 12.3 Å². The van der Waals surface area contributed by atoms with E-state index >= 15 is 0 Å². The minimum Gasteiger partial charge on any atom is -0.368 e. The molecule has 1 aliphatic rings. The standard InChI is InChI=1S/C13H15FN4O3/c1-2-15-11-10(14)7(5-6-16-11)12(20)17-8-3-4-9(19)18-13(8)21/h5-6,8H,2-4H2,1H3,(H,15,16)(H,17,20)(H,18,19,21). The maximum absolute atomic E-state index is 14.1. The number of rotatable bonds is 4. The molecule has 2 rings (SSSR count). The van der Waals surface area contributed by atoms with Crippen LogP contribution >= 0.6 is 0 Å². The molecule has 0 radical (unpaired) electrons. The van der Waals surface area contributed by atoms with E-state index in [1.807, 2.05) is 0 Å². The van der Waals surface area contributed by atoms with E-state index in [0.717, 1.165) is 0 Å². The number of piperidine rings is 1. The van der Waals surface area contributed by atoms with Crippen molar-refractivity contribution in [3.05, 3.63) is 23.6 Å². The van der Waals surface area contributed by atoms with Crippen molar-refractivity contribution < 1.29 is 18.8 Å². The maximum Gasteiger partial charge on any atom is 0.255 e. The van der Waals surface area contributed by atoms with Gasteiger partial charge >= 0.3 is 0 Å². The minimum absolute atomic E-state index is 0.0200. The zero-order valence-corrected chi connectivity index (χ0v) is 11.4. The molecule has 1 aliphatic heterocycles. The van der Waals surface area contributed by atoms with Crippen LogP contribution in [-0.4, -0.2) is 35.3 Å². The first-order valence-electron chi connectivity index (χ1n) is 6.55. The van der Waals surface area contributed by atoms with E-state index in [1.165, 1.54) is 12.3 Å². The molecule has 8 heteroatoms. The fourth-order valence-corrected chi connectivity index (χ4v) is 1.98. The lowest BCUT2D eigenvalue weighted by molar-refractivity contribution is -0.134. The molecule has 21 heavy (non-hydrogen) atoms. The van der Waals surface area contributed by atoms with Gasteiger partial charge in [0.15, 0.2) is 11.6 Å². The molecular weight excluding hydrogens is 279 g/mol. The van der Waals surface area contributed by atoms with Crippen LogP contribution in [0, 0.1) is 5.82 Å². The monoisotopic (exact) mass is 294 g/mol. The highest BCUT2D eigenvalue weighted by Crippen LogP contribution is 2.15.